The minimum atomic E-state index is -0.484. The number of nitrogens with one attached hydrogen (secondary N) is 1. The lowest BCUT2D eigenvalue weighted by molar-refractivity contribution is -0.0180. The number of hydrogen-bond acceptors (Lipinski definition) is 6. The summed E-state index contributed by atoms with van der Waals surface area (Å²) in [5.41, 5.74) is 2.47. The first-order valence-electron chi connectivity index (χ1n) is 8.74. The smallest absolute Gasteiger partial charge is 0.338 e. The van der Waals surface area contributed by atoms with E-state index in [-0.39, 0.29) is 19.3 Å². The van der Waals surface area contributed by atoms with E-state index in [1.54, 1.807) is 42.5 Å². The summed E-state index contributed by atoms with van der Waals surface area (Å²) in [6, 6.07) is 13.6. The molecule has 0 saturated heterocycles. The van der Waals surface area contributed by atoms with E-state index in [0.717, 1.165) is 5.56 Å². The maximum absolute atomic E-state index is 12.4. The van der Waals surface area contributed by atoms with Crippen molar-refractivity contribution in [2.45, 2.75) is 13.2 Å². The van der Waals surface area contributed by atoms with Gasteiger partial charge in [0.25, 0.3) is 5.91 Å². The molecule has 3 aromatic rings. The third-order valence-corrected chi connectivity index (χ3v) is 5.32. The summed E-state index contributed by atoms with van der Waals surface area (Å²) in [6.07, 6.45) is 0. The Bertz CT molecular complexity index is 1030. The van der Waals surface area contributed by atoms with Crippen molar-refractivity contribution in [3.05, 3.63) is 80.5 Å². The van der Waals surface area contributed by atoms with E-state index in [1.807, 2.05) is 11.4 Å². The van der Waals surface area contributed by atoms with Gasteiger partial charge in [0, 0.05) is 21.8 Å². The third kappa shape index (κ3) is 4.59. The number of carbonyl (C=O) groups is 2. The SMILES string of the molecule is O=C(OCc1cc(Cl)cc2c1OCOC2)c1ccc(NC(=O)c2cccs2)cc1. The van der Waals surface area contributed by atoms with Gasteiger partial charge in [0.2, 0.25) is 0 Å². The number of rotatable bonds is 5. The fourth-order valence-corrected chi connectivity index (χ4v) is 3.76. The second-order valence-electron chi connectivity index (χ2n) is 6.25. The molecule has 0 aliphatic carbocycles. The molecule has 148 valence electrons. The van der Waals surface area contributed by atoms with Gasteiger partial charge in [-0.05, 0) is 47.8 Å². The van der Waals surface area contributed by atoms with Gasteiger partial charge in [-0.1, -0.05) is 17.7 Å². The van der Waals surface area contributed by atoms with Gasteiger partial charge in [0.1, 0.15) is 12.4 Å². The molecule has 0 atom stereocenters. The van der Waals surface area contributed by atoms with Crippen LogP contribution in [0.5, 0.6) is 5.75 Å². The molecule has 1 amide bonds. The van der Waals surface area contributed by atoms with Crippen LogP contribution in [0.3, 0.4) is 0 Å². The molecule has 1 N–H and O–H groups in total. The molecule has 0 spiro atoms. The lowest BCUT2D eigenvalue weighted by atomic mass is 10.1. The molecule has 2 aromatic carbocycles. The van der Waals surface area contributed by atoms with Crippen LogP contribution in [0.15, 0.2) is 53.9 Å². The summed E-state index contributed by atoms with van der Waals surface area (Å²) in [5, 5.41) is 5.14. The van der Waals surface area contributed by atoms with Gasteiger partial charge >= 0.3 is 5.97 Å². The monoisotopic (exact) mass is 429 g/mol. The average Bonchev–Trinajstić information content (AvgIpc) is 3.27. The van der Waals surface area contributed by atoms with E-state index in [0.29, 0.717) is 39.1 Å². The molecule has 0 saturated carbocycles. The van der Waals surface area contributed by atoms with Crippen LogP contribution in [-0.2, 0) is 22.7 Å². The predicted octanol–water partition coefficient (Wildman–Crippen LogP) is 4.88. The minimum Gasteiger partial charge on any atom is -0.467 e. The zero-order valence-corrected chi connectivity index (χ0v) is 16.7. The van der Waals surface area contributed by atoms with Crippen LogP contribution in [0.2, 0.25) is 5.02 Å². The highest BCUT2D eigenvalue weighted by molar-refractivity contribution is 7.12. The summed E-state index contributed by atoms with van der Waals surface area (Å²) >= 11 is 7.48. The van der Waals surface area contributed by atoms with E-state index >= 15 is 0 Å². The van der Waals surface area contributed by atoms with Crippen molar-refractivity contribution in [1.82, 2.24) is 0 Å². The minimum absolute atomic E-state index is 0.0264. The molecule has 0 fully saturated rings. The second-order valence-corrected chi connectivity index (χ2v) is 7.63. The van der Waals surface area contributed by atoms with E-state index < -0.39 is 5.97 Å². The molecule has 1 aliphatic rings. The number of halogens is 1. The average molecular weight is 430 g/mol. The summed E-state index contributed by atoms with van der Waals surface area (Å²) < 4.78 is 16.2. The van der Waals surface area contributed by atoms with Gasteiger partial charge in [-0.15, -0.1) is 11.3 Å². The van der Waals surface area contributed by atoms with Crippen molar-refractivity contribution in [3.8, 4) is 5.75 Å². The zero-order valence-electron chi connectivity index (χ0n) is 15.1. The number of carbonyl (C=O) groups excluding carboxylic acids is 2. The molecule has 6 nitrogen and oxygen atoms in total. The lowest BCUT2D eigenvalue weighted by Crippen LogP contribution is -2.14. The van der Waals surface area contributed by atoms with Gasteiger partial charge in [-0.25, -0.2) is 4.79 Å². The Balaban J connectivity index is 1.39. The van der Waals surface area contributed by atoms with Crippen LogP contribution in [-0.4, -0.2) is 18.7 Å². The van der Waals surface area contributed by atoms with Crippen molar-refractivity contribution in [2.75, 3.05) is 12.1 Å². The van der Waals surface area contributed by atoms with Crippen molar-refractivity contribution < 1.29 is 23.8 Å². The van der Waals surface area contributed by atoms with Crippen LogP contribution in [0.1, 0.15) is 31.2 Å². The van der Waals surface area contributed by atoms with Crippen LogP contribution >= 0.6 is 22.9 Å². The first kappa shape index (κ1) is 19.4. The summed E-state index contributed by atoms with van der Waals surface area (Å²) in [4.78, 5) is 25.1. The molecule has 0 unspecified atom stereocenters. The fourth-order valence-electron chi connectivity index (χ4n) is 2.88. The molecule has 4 rings (SSSR count). The predicted molar refractivity (Wildman–Crippen MR) is 110 cm³/mol. The zero-order chi connectivity index (χ0) is 20.2. The van der Waals surface area contributed by atoms with Gasteiger partial charge in [-0.2, -0.15) is 0 Å². The van der Waals surface area contributed by atoms with Crippen LogP contribution in [0.4, 0.5) is 5.69 Å². The summed E-state index contributed by atoms with van der Waals surface area (Å²) in [5.74, 6) is -0.0351. The van der Waals surface area contributed by atoms with E-state index in [9.17, 15) is 9.59 Å². The number of anilines is 1. The van der Waals surface area contributed by atoms with Crippen molar-refractivity contribution in [3.63, 3.8) is 0 Å². The molecule has 1 aliphatic heterocycles. The first-order chi connectivity index (χ1) is 14.1. The number of benzene rings is 2. The Labute approximate surface area is 176 Å². The van der Waals surface area contributed by atoms with Crippen molar-refractivity contribution in [2.24, 2.45) is 0 Å². The second kappa shape index (κ2) is 8.65. The Morgan fingerprint density at radius 1 is 1.17 bits per heavy atom. The maximum Gasteiger partial charge on any atom is 0.338 e. The van der Waals surface area contributed by atoms with Crippen molar-refractivity contribution >= 4 is 40.5 Å². The lowest BCUT2D eigenvalue weighted by Gasteiger charge is -2.21. The highest BCUT2D eigenvalue weighted by Crippen LogP contribution is 2.32. The topological polar surface area (TPSA) is 73.9 Å². The van der Waals surface area contributed by atoms with Crippen LogP contribution in [0.25, 0.3) is 0 Å². The summed E-state index contributed by atoms with van der Waals surface area (Å²) in [6.45, 7) is 0.572. The molecule has 8 heteroatoms. The molecule has 1 aromatic heterocycles. The highest BCUT2D eigenvalue weighted by Gasteiger charge is 2.18. The molecule has 0 radical (unpaired) electrons. The normalized spacial score (nSPS) is 12.6. The van der Waals surface area contributed by atoms with Crippen LogP contribution < -0.4 is 10.1 Å². The van der Waals surface area contributed by atoms with Crippen molar-refractivity contribution in [1.29, 1.82) is 0 Å². The number of fused-ring (bicyclic) bond motifs is 1. The third-order valence-electron chi connectivity index (χ3n) is 4.23. The highest BCUT2D eigenvalue weighted by atomic mass is 35.5. The van der Waals surface area contributed by atoms with Gasteiger partial charge in [0.05, 0.1) is 17.0 Å². The maximum atomic E-state index is 12.4. The molecular formula is C21H16ClNO5S. The van der Waals surface area contributed by atoms with Gasteiger partial charge in [0.15, 0.2) is 6.79 Å². The first-order valence-corrected chi connectivity index (χ1v) is 10.00. The quantitative estimate of drug-likeness (QED) is 0.585. The molecule has 0 bridgehead atoms. The number of esters is 1. The Hall–Kier alpha value is -2.87. The largest absolute Gasteiger partial charge is 0.467 e. The number of thiophene rings is 1. The Morgan fingerprint density at radius 3 is 2.76 bits per heavy atom. The number of hydrogen-bond donors (Lipinski definition) is 1. The van der Waals surface area contributed by atoms with E-state index in [2.05, 4.69) is 5.32 Å². The van der Waals surface area contributed by atoms with E-state index in [1.165, 1.54) is 11.3 Å². The molecule has 2 heterocycles. The molecule has 29 heavy (non-hydrogen) atoms. The Kier molecular flexibility index (Phi) is 5.80. The van der Waals surface area contributed by atoms with Gasteiger partial charge < -0.3 is 19.5 Å². The van der Waals surface area contributed by atoms with Crippen LogP contribution in [0, 0.1) is 0 Å². The standard InChI is InChI=1S/C21H16ClNO5S/c22-16-8-14-10-26-12-28-19(14)15(9-16)11-27-21(25)13-3-5-17(6-4-13)23-20(24)18-2-1-7-29-18/h1-9H,10-12H2,(H,23,24). The molecular weight excluding hydrogens is 414 g/mol. The number of amides is 1. The number of ether oxygens (including phenoxy) is 3. The van der Waals surface area contributed by atoms with E-state index in [4.69, 9.17) is 25.8 Å². The summed E-state index contributed by atoms with van der Waals surface area (Å²) in [7, 11) is 0. The van der Waals surface area contributed by atoms with Gasteiger partial charge in [-0.3, -0.25) is 4.79 Å². The Morgan fingerprint density at radius 2 is 2.00 bits per heavy atom. The fraction of sp³-hybridized carbons (Fsp3) is 0.143.